The average molecular weight is 285 g/mol. The van der Waals surface area contributed by atoms with E-state index < -0.39 is 0 Å². The van der Waals surface area contributed by atoms with Crippen molar-refractivity contribution < 1.29 is 9.84 Å². The van der Waals surface area contributed by atoms with E-state index in [9.17, 15) is 5.11 Å². The van der Waals surface area contributed by atoms with Crippen LogP contribution in [0.4, 0.5) is 0 Å². The molecule has 0 spiro atoms. The third kappa shape index (κ3) is 1.87. The second-order valence-corrected chi connectivity index (χ2v) is 6.75. The Kier molecular flexibility index (Phi) is 3.09. The van der Waals surface area contributed by atoms with Gasteiger partial charge in [0.15, 0.2) is 0 Å². The van der Waals surface area contributed by atoms with Gasteiger partial charge in [-0.15, -0.1) is 6.58 Å². The normalized spacial score (nSPS) is 34.9. The van der Waals surface area contributed by atoms with Crippen molar-refractivity contribution in [3.63, 3.8) is 0 Å². The lowest BCUT2D eigenvalue weighted by molar-refractivity contribution is -0.0802. The number of phenolic OH excluding ortho intramolecular Hbond substituents is 1. The van der Waals surface area contributed by atoms with E-state index in [1.165, 1.54) is 11.1 Å². The molecule has 1 aromatic rings. The minimum Gasteiger partial charge on any atom is -0.508 e. The number of aromatic hydroxyl groups is 1. The summed E-state index contributed by atoms with van der Waals surface area (Å²) in [5.74, 6) is 1.04. The summed E-state index contributed by atoms with van der Waals surface area (Å²) in [5.41, 5.74) is 2.86. The number of hydrogen-bond acceptors (Lipinski definition) is 3. The highest BCUT2D eigenvalue weighted by Crippen LogP contribution is 2.52. The molecular weight excluding hydrogens is 262 g/mol. The molecule has 0 amide bonds. The summed E-state index contributed by atoms with van der Waals surface area (Å²) >= 11 is 0. The molecule has 3 aliphatic rings. The van der Waals surface area contributed by atoms with Gasteiger partial charge in [0, 0.05) is 24.6 Å². The largest absolute Gasteiger partial charge is 0.508 e. The fraction of sp³-hybridized carbons (Fsp3) is 0.556. The highest BCUT2D eigenvalue weighted by Gasteiger charge is 2.54. The zero-order valence-corrected chi connectivity index (χ0v) is 12.4. The van der Waals surface area contributed by atoms with Crippen LogP contribution < -0.4 is 0 Å². The van der Waals surface area contributed by atoms with Crippen molar-refractivity contribution in [1.29, 1.82) is 0 Å². The molecule has 3 atom stereocenters. The fourth-order valence-electron chi connectivity index (χ4n) is 4.94. The van der Waals surface area contributed by atoms with Crippen LogP contribution in [0.15, 0.2) is 30.9 Å². The Morgan fingerprint density at radius 3 is 3.24 bits per heavy atom. The lowest BCUT2D eigenvalue weighted by Crippen LogP contribution is -2.63. The van der Waals surface area contributed by atoms with Gasteiger partial charge in [0.25, 0.3) is 0 Å². The van der Waals surface area contributed by atoms with Crippen LogP contribution in [0, 0.1) is 5.92 Å². The van der Waals surface area contributed by atoms with E-state index >= 15 is 0 Å². The molecule has 1 aromatic carbocycles. The zero-order valence-electron chi connectivity index (χ0n) is 12.4. The number of benzene rings is 1. The number of ether oxygens (including phenoxy) is 1. The summed E-state index contributed by atoms with van der Waals surface area (Å²) in [5, 5.41) is 9.94. The lowest BCUT2D eigenvalue weighted by Gasteiger charge is -2.58. The highest BCUT2D eigenvalue weighted by atomic mass is 16.5. The summed E-state index contributed by atoms with van der Waals surface area (Å²) in [6.07, 6.45) is 5.38. The molecule has 21 heavy (non-hydrogen) atoms. The van der Waals surface area contributed by atoms with Gasteiger partial charge < -0.3 is 9.84 Å². The van der Waals surface area contributed by atoms with E-state index in [-0.39, 0.29) is 5.41 Å². The van der Waals surface area contributed by atoms with Crippen LogP contribution in [0.3, 0.4) is 0 Å². The number of likely N-dealkylation sites (tertiary alicyclic amines) is 1. The molecule has 0 saturated carbocycles. The Bertz CT molecular complexity index is 570. The first kappa shape index (κ1) is 13.4. The third-order valence-electron chi connectivity index (χ3n) is 5.84. The molecule has 2 bridgehead atoms. The SMILES string of the molecule is C=CCN1CC[C@]23COCC[C@H]2[C@H]1Cc1ccc(O)cc13. The van der Waals surface area contributed by atoms with Crippen molar-refractivity contribution >= 4 is 0 Å². The number of fused-ring (bicyclic) bond motifs is 1. The predicted molar refractivity (Wildman–Crippen MR) is 82.6 cm³/mol. The van der Waals surface area contributed by atoms with Gasteiger partial charge in [0.2, 0.25) is 0 Å². The van der Waals surface area contributed by atoms with Gasteiger partial charge in [-0.1, -0.05) is 12.1 Å². The maximum atomic E-state index is 9.94. The van der Waals surface area contributed by atoms with Crippen LogP contribution >= 0.6 is 0 Å². The number of nitrogens with zero attached hydrogens (tertiary/aromatic N) is 1. The summed E-state index contributed by atoms with van der Waals surface area (Å²) in [6.45, 7) is 7.69. The molecule has 1 aliphatic carbocycles. The van der Waals surface area contributed by atoms with Crippen molar-refractivity contribution in [3.05, 3.63) is 42.0 Å². The van der Waals surface area contributed by atoms with Crippen LogP contribution in [0.5, 0.6) is 5.75 Å². The smallest absolute Gasteiger partial charge is 0.115 e. The molecule has 2 aliphatic heterocycles. The van der Waals surface area contributed by atoms with E-state index in [1.807, 2.05) is 18.2 Å². The molecule has 3 heteroatoms. The van der Waals surface area contributed by atoms with Crippen LogP contribution in [-0.2, 0) is 16.6 Å². The van der Waals surface area contributed by atoms with Crippen LogP contribution in [0.1, 0.15) is 24.0 Å². The molecular formula is C18H23NO2. The Morgan fingerprint density at radius 2 is 2.38 bits per heavy atom. The van der Waals surface area contributed by atoms with Gasteiger partial charge in [-0.05, 0) is 55.0 Å². The van der Waals surface area contributed by atoms with E-state index in [2.05, 4.69) is 17.5 Å². The first-order valence-electron chi connectivity index (χ1n) is 8.00. The molecule has 0 unspecified atom stereocenters. The molecule has 4 rings (SSSR count). The van der Waals surface area contributed by atoms with E-state index in [0.717, 1.165) is 45.6 Å². The first-order chi connectivity index (χ1) is 10.2. The second kappa shape index (κ2) is 4.85. The van der Waals surface area contributed by atoms with Gasteiger partial charge in [-0.2, -0.15) is 0 Å². The van der Waals surface area contributed by atoms with Crippen LogP contribution in [-0.4, -0.2) is 42.4 Å². The van der Waals surface area contributed by atoms with Gasteiger partial charge in [-0.25, -0.2) is 0 Å². The molecule has 2 fully saturated rings. The predicted octanol–water partition coefficient (Wildman–Crippen LogP) is 2.48. The van der Waals surface area contributed by atoms with Crippen molar-refractivity contribution in [2.75, 3.05) is 26.3 Å². The second-order valence-electron chi connectivity index (χ2n) is 6.75. The standard InChI is InChI=1S/C18H23NO2/c1-2-7-19-8-6-18-12-21-9-5-15(18)17(19)10-13-3-4-14(20)11-16(13)18/h2-4,11,15,17,20H,1,5-10,12H2/t15-,17+,18-/m0/s1. The Balaban J connectivity index is 1.83. The first-order valence-corrected chi connectivity index (χ1v) is 8.00. The van der Waals surface area contributed by atoms with E-state index in [0.29, 0.717) is 17.7 Å². The molecule has 2 heterocycles. The topological polar surface area (TPSA) is 32.7 Å². The summed E-state index contributed by atoms with van der Waals surface area (Å²) in [7, 11) is 0. The summed E-state index contributed by atoms with van der Waals surface area (Å²) in [6, 6.07) is 6.53. The highest BCUT2D eigenvalue weighted by molar-refractivity contribution is 5.45. The molecule has 3 nitrogen and oxygen atoms in total. The number of hydrogen-bond donors (Lipinski definition) is 1. The third-order valence-corrected chi connectivity index (χ3v) is 5.84. The molecule has 0 radical (unpaired) electrons. The summed E-state index contributed by atoms with van der Waals surface area (Å²) in [4.78, 5) is 2.59. The van der Waals surface area contributed by atoms with Crippen molar-refractivity contribution in [1.82, 2.24) is 4.90 Å². The van der Waals surface area contributed by atoms with Crippen molar-refractivity contribution in [2.24, 2.45) is 5.92 Å². The fourth-order valence-corrected chi connectivity index (χ4v) is 4.94. The molecule has 0 aromatic heterocycles. The molecule has 2 saturated heterocycles. The average Bonchev–Trinajstić information content (AvgIpc) is 2.51. The van der Waals surface area contributed by atoms with Crippen LogP contribution in [0.2, 0.25) is 0 Å². The van der Waals surface area contributed by atoms with Crippen molar-refractivity contribution in [2.45, 2.75) is 30.7 Å². The van der Waals surface area contributed by atoms with Gasteiger partial charge >= 0.3 is 0 Å². The maximum Gasteiger partial charge on any atom is 0.115 e. The zero-order chi connectivity index (χ0) is 14.4. The van der Waals surface area contributed by atoms with Gasteiger partial charge in [-0.3, -0.25) is 4.90 Å². The summed E-state index contributed by atoms with van der Waals surface area (Å²) < 4.78 is 5.89. The number of rotatable bonds is 2. The van der Waals surface area contributed by atoms with Crippen molar-refractivity contribution in [3.8, 4) is 5.75 Å². The number of piperidine rings is 1. The lowest BCUT2D eigenvalue weighted by atomic mass is 9.56. The number of phenols is 1. The monoisotopic (exact) mass is 285 g/mol. The Hall–Kier alpha value is -1.32. The van der Waals surface area contributed by atoms with Gasteiger partial charge in [0.1, 0.15) is 5.75 Å². The molecule has 112 valence electrons. The van der Waals surface area contributed by atoms with Crippen LogP contribution in [0.25, 0.3) is 0 Å². The Morgan fingerprint density at radius 1 is 1.48 bits per heavy atom. The molecule has 1 N–H and O–H groups in total. The minimum absolute atomic E-state index is 0.118. The van der Waals surface area contributed by atoms with E-state index in [4.69, 9.17) is 4.74 Å². The van der Waals surface area contributed by atoms with E-state index in [1.54, 1.807) is 0 Å². The quantitative estimate of drug-likeness (QED) is 0.847. The Labute approximate surface area is 126 Å². The minimum atomic E-state index is 0.118. The van der Waals surface area contributed by atoms with Gasteiger partial charge in [0.05, 0.1) is 6.61 Å². The maximum absolute atomic E-state index is 9.94.